The van der Waals surface area contributed by atoms with Crippen LogP contribution in [0.5, 0.6) is 17.2 Å². The number of primary amides is 1. The Morgan fingerprint density at radius 2 is 1.88 bits per heavy atom. The zero-order valence-corrected chi connectivity index (χ0v) is 19.8. The molecule has 10 heteroatoms. The van der Waals surface area contributed by atoms with Crippen molar-refractivity contribution in [3.05, 3.63) is 52.0 Å². The smallest absolute Gasteiger partial charge is 0.239 e. The monoisotopic (exact) mass is 495 g/mol. The molecule has 33 heavy (non-hydrogen) atoms. The first-order valence-electron chi connectivity index (χ1n) is 10.7. The van der Waals surface area contributed by atoms with Crippen molar-refractivity contribution < 1.29 is 24.1 Å². The molecule has 2 aliphatic rings. The summed E-state index contributed by atoms with van der Waals surface area (Å²) in [6.07, 6.45) is -1.22. The highest BCUT2D eigenvalue weighted by Crippen LogP contribution is 2.36. The number of methoxy groups -OCH3 is 1. The molecule has 1 fully saturated rings. The molecule has 3 N–H and O–H groups in total. The second-order valence-electron chi connectivity index (χ2n) is 8.12. The number of aliphatic hydroxyl groups excluding tert-OH is 1. The van der Waals surface area contributed by atoms with Gasteiger partial charge in [-0.3, -0.25) is 14.6 Å². The van der Waals surface area contributed by atoms with Crippen LogP contribution < -0.4 is 19.9 Å². The Labute approximate surface area is 202 Å². The van der Waals surface area contributed by atoms with Gasteiger partial charge >= 0.3 is 0 Å². The van der Waals surface area contributed by atoms with Gasteiger partial charge in [0.05, 0.1) is 7.11 Å². The highest BCUT2D eigenvalue weighted by atomic mass is 35.5. The minimum atomic E-state index is -0.739. The Morgan fingerprint density at radius 3 is 2.52 bits per heavy atom. The summed E-state index contributed by atoms with van der Waals surface area (Å²) in [6, 6.07) is 9.75. The summed E-state index contributed by atoms with van der Waals surface area (Å²) < 4.78 is 16.9. The fourth-order valence-electron chi connectivity index (χ4n) is 4.25. The molecule has 0 spiro atoms. The van der Waals surface area contributed by atoms with Crippen molar-refractivity contribution in [3.8, 4) is 17.2 Å². The van der Waals surface area contributed by atoms with Crippen molar-refractivity contribution in [3.63, 3.8) is 0 Å². The van der Waals surface area contributed by atoms with E-state index < -0.39 is 24.2 Å². The summed E-state index contributed by atoms with van der Waals surface area (Å²) in [5, 5.41) is 11.6. The lowest BCUT2D eigenvalue weighted by molar-refractivity contribution is -0.124. The molecule has 0 aromatic heterocycles. The Hall–Kier alpha value is -2.23. The van der Waals surface area contributed by atoms with Crippen molar-refractivity contribution in [2.24, 2.45) is 5.73 Å². The van der Waals surface area contributed by atoms with E-state index >= 15 is 0 Å². The molecule has 2 aromatic rings. The molecule has 3 atom stereocenters. The number of nitrogens with zero attached hydrogens (tertiary/aromatic N) is 2. The van der Waals surface area contributed by atoms with Gasteiger partial charge < -0.3 is 25.1 Å². The lowest BCUT2D eigenvalue weighted by Crippen LogP contribution is -2.54. The van der Waals surface area contributed by atoms with E-state index in [1.54, 1.807) is 43.5 Å². The Bertz CT molecular complexity index is 980. The Morgan fingerprint density at radius 1 is 1.18 bits per heavy atom. The van der Waals surface area contributed by atoms with Crippen molar-refractivity contribution in [1.82, 2.24) is 9.80 Å². The lowest BCUT2D eigenvalue weighted by atomic mass is 10.0. The number of halogens is 2. The average molecular weight is 496 g/mol. The number of carbonyl (C=O) groups is 1. The van der Waals surface area contributed by atoms with Gasteiger partial charge in [-0.25, -0.2) is 0 Å². The maximum atomic E-state index is 12.3. The summed E-state index contributed by atoms with van der Waals surface area (Å²) >= 11 is 12.7. The van der Waals surface area contributed by atoms with Crippen molar-refractivity contribution in [2.75, 3.05) is 46.4 Å². The number of nitrogens with two attached hydrogens (primary N) is 1. The average Bonchev–Trinajstić information content (AvgIpc) is 2.81. The summed E-state index contributed by atoms with van der Waals surface area (Å²) in [5.41, 5.74) is 6.25. The Kier molecular flexibility index (Phi) is 7.51. The molecule has 2 aliphatic heterocycles. The van der Waals surface area contributed by atoms with Crippen LogP contribution in [-0.4, -0.2) is 79.5 Å². The molecule has 0 radical (unpaired) electrons. The molecule has 4 rings (SSSR count). The quantitative estimate of drug-likeness (QED) is 0.608. The molecule has 2 heterocycles. The van der Waals surface area contributed by atoms with Crippen LogP contribution in [0.1, 0.15) is 11.6 Å². The fraction of sp³-hybridized carbons (Fsp3) is 0.435. The highest BCUT2D eigenvalue weighted by Gasteiger charge is 2.34. The zero-order valence-electron chi connectivity index (χ0n) is 18.2. The van der Waals surface area contributed by atoms with Gasteiger partial charge in [-0.1, -0.05) is 29.3 Å². The van der Waals surface area contributed by atoms with Gasteiger partial charge in [-0.2, -0.15) is 0 Å². The van der Waals surface area contributed by atoms with Crippen molar-refractivity contribution in [1.29, 1.82) is 0 Å². The predicted octanol–water partition coefficient (Wildman–Crippen LogP) is 2.35. The van der Waals surface area contributed by atoms with E-state index in [2.05, 4.69) is 4.90 Å². The topological polar surface area (TPSA) is 97.5 Å². The van der Waals surface area contributed by atoms with Crippen LogP contribution >= 0.6 is 23.2 Å². The standard InChI is InChI=1S/C23H27Cl2N3O5/c1-31-14-5-6-18-19(11-14)32-13-20(33-18)17(29)12-27-7-9-28(10-8-27)22(23(26)30)21-15(24)3-2-4-16(21)25/h2-6,11,17,20,22,29H,7-10,12-13H2,1H3,(H2,26,30). The van der Waals surface area contributed by atoms with E-state index in [9.17, 15) is 9.90 Å². The van der Waals surface area contributed by atoms with Crippen LogP contribution in [-0.2, 0) is 4.79 Å². The lowest BCUT2D eigenvalue weighted by Gasteiger charge is -2.40. The van der Waals surface area contributed by atoms with E-state index in [1.807, 2.05) is 4.90 Å². The highest BCUT2D eigenvalue weighted by molar-refractivity contribution is 6.36. The summed E-state index contributed by atoms with van der Waals surface area (Å²) in [5.74, 6) is 1.36. The van der Waals surface area contributed by atoms with E-state index in [-0.39, 0.29) is 6.61 Å². The van der Waals surface area contributed by atoms with Gasteiger partial charge in [-0.05, 0) is 24.3 Å². The second kappa shape index (κ2) is 10.4. The number of hydrogen-bond acceptors (Lipinski definition) is 7. The molecule has 1 amide bonds. The Balaban J connectivity index is 1.34. The van der Waals surface area contributed by atoms with Crippen molar-refractivity contribution in [2.45, 2.75) is 18.2 Å². The fourth-order valence-corrected chi connectivity index (χ4v) is 4.85. The largest absolute Gasteiger partial charge is 0.497 e. The molecule has 0 saturated carbocycles. The van der Waals surface area contributed by atoms with Gasteiger partial charge in [0, 0.05) is 54.4 Å². The summed E-state index contributed by atoms with van der Waals surface area (Å²) in [7, 11) is 1.59. The van der Waals surface area contributed by atoms with Gasteiger partial charge in [0.1, 0.15) is 24.5 Å². The van der Waals surface area contributed by atoms with Crippen LogP contribution in [0, 0.1) is 0 Å². The number of β-amino-alcohol motifs (C(OH)–C–C–N with tert-alkyl or cyclic N) is 1. The molecule has 8 nitrogen and oxygen atoms in total. The molecule has 1 saturated heterocycles. The van der Waals surface area contributed by atoms with Gasteiger partial charge in [0.15, 0.2) is 17.6 Å². The van der Waals surface area contributed by atoms with Gasteiger partial charge in [-0.15, -0.1) is 0 Å². The molecule has 0 bridgehead atoms. The number of carbonyl (C=O) groups excluding carboxylic acids is 1. The number of piperazine rings is 1. The number of amides is 1. The van der Waals surface area contributed by atoms with E-state index in [0.29, 0.717) is 65.6 Å². The third kappa shape index (κ3) is 5.31. The first kappa shape index (κ1) is 23.9. The van der Waals surface area contributed by atoms with Crippen LogP contribution in [0.2, 0.25) is 10.0 Å². The number of benzene rings is 2. The number of hydrogen-bond donors (Lipinski definition) is 2. The molecular weight excluding hydrogens is 469 g/mol. The molecule has 0 aliphatic carbocycles. The summed E-state index contributed by atoms with van der Waals surface area (Å²) in [4.78, 5) is 16.4. The van der Waals surface area contributed by atoms with Crippen LogP contribution in [0.15, 0.2) is 36.4 Å². The molecular formula is C23H27Cl2N3O5. The minimum Gasteiger partial charge on any atom is -0.497 e. The van der Waals surface area contributed by atoms with E-state index in [1.165, 1.54) is 0 Å². The number of fused-ring (bicyclic) bond motifs is 1. The SMILES string of the molecule is COc1ccc2c(c1)OCC(C(O)CN1CCN(C(C(N)=O)c3c(Cl)cccc3Cl)CC1)O2. The normalized spacial score (nSPS) is 20.8. The van der Waals surface area contributed by atoms with Crippen LogP contribution in [0.25, 0.3) is 0 Å². The first-order chi connectivity index (χ1) is 15.9. The minimum absolute atomic E-state index is 0.246. The maximum Gasteiger partial charge on any atom is 0.239 e. The molecule has 2 aromatic carbocycles. The molecule has 178 valence electrons. The number of ether oxygens (including phenoxy) is 3. The van der Waals surface area contributed by atoms with E-state index in [0.717, 1.165) is 0 Å². The van der Waals surface area contributed by atoms with Crippen molar-refractivity contribution >= 4 is 29.1 Å². The predicted molar refractivity (Wildman–Crippen MR) is 125 cm³/mol. The van der Waals surface area contributed by atoms with Crippen LogP contribution in [0.3, 0.4) is 0 Å². The van der Waals surface area contributed by atoms with E-state index in [4.69, 9.17) is 43.1 Å². The maximum absolute atomic E-state index is 12.3. The third-order valence-electron chi connectivity index (χ3n) is 6.02. The molecule has 3 unspecified atom stereocenters. The van der Waals surface area contributed by atoms with Gasteiger partial charge in [0.25, 0.3) is 0 Å². The number of aliphatic hydroxyl groups is 1. The summed E-state index contributed by atoms with van der Waals surface area (Å²) in [6.45, 7) is 3.10. The van der Waals surface area contributed by atoms with Crippen LogP contribution in [0.4, 0.5) is 0 Å². The zero-order chi connectivity index (χ0) is 23.5. The number of rotatable bonds is 7. The third-order valence-corrected chi connectivity index (χ3v) is 6.68. The second-order valence-corrected chi connectivity index (χ2v) is 8.94. The van der Waals surface area contributed by atoms with Gasteiger partial charge in [0.2, 0.25) is 5.91 Å². The first-order valence-corrected chi connectivity index (χ1v) is 11.5.